The third-order valence-corrected chi connectivity index (χ3v) is 1.98. The number of hydrogen-bond acceptors (Lipinski definition) is 5. The van der Waals surface area contributed by atoms with Crippen molar-refractivity contribution >= 4 is 5.78 Å². The molecule has 1 aromatic heterocycles. The molecule has 0 bridgehead atoms. The lowest BCUT2D eigenvalue weighted by Gasteiger charge is -1.98. The van der Waals surface area contributed by atoms with Gasteiger partial charge in [-0.05, 0) is 13.3 Å². The minimum atomic E-state index is 0.130. The summed E-state index contributed by atoms with van der Waals surface area (Å²) in [7, 11) is 0. The van der Waals surface area contributed by atoms with E-state index in [1.54, 1.807) is 17.8 Å². The lowest BCUT2D eigenvalue weighted by molar-refractivity contribution is -0.117. The van der Waals surface area contributed by atoms with E-state index in [9.17, 15) is 4.79 Å². The Morgan fingerprint density at radius 2 is 2.44 bits per heavy atom. The molecule has 1 aromatic rings. The van der Waals surface area contributed by atoms with Crippen LogP contribution in [0, 0.1) is 0 Å². The Morgan fingerprint density at radius 3 is 3.12 bits per heavy atom. The van der Waals surface area contributed by atoms with Crippen LogP contribution in [0.25, 0.3) is 0 Å². The number of hydrogen-bond donors (Lipinski definition) is 1. The molecular formula is C10H17N3O3. The number of ether oxygens (including phenoxy) is 1. The molecular weight excluding hydrogens is 210 g/mol. The molecule has 0 saturated carbocycles. The van der Waals surface area contributed by atoms with Crippen molar-refractivity contribution < 1.29 is 14.6 Å². The molecule has 0 saturated heterocycles. The van der Waals surface area contributed by atoms with E-state index in [-0.39, 0.29) is 12.4 Å². The summed E-state index contributed by atoms with van der Waals surface area (Å²) in [5.74, 6) is 0.135. The van der Waals surface area contributed by atoms with Crippen molar-refractivity contribution in [1.29, 1.82) is 0 Å². The van der Waals surface area contributed by atoms with Gasteiger partial charge < -0.3 is 9.84 Å². The van der Waals surface area contributed by atoms with Crippen LogP contribution in [0.4, 0.5) is 0 Å². The van der Waals surface area contributed by atoms with Gasteiger partial charge in [0.05, 0.1) is 12.8 Å². The summed E-state index contributed by atoms with van der Waals surface area (Å²) in [6.07, 6.45) is 2.86. The van der Waals surface area contributed by atoms with E-state index in [1.165, 1.54) is 0 Å². The third-order valence-electron chi connectivity index (χ3n) is 1.98. The van der Waals surface area contributed by atoms with E-state index in [0.717, 1.165) is 5.69 Å². The zero-order valence-electron chi connectivity index (χ0n) is 9.43. The monoisotopic (exact) mass is 227 g/mol. The molecule has 0 atom stereocenters. The Labute approximate surface area is 94.2 Å². The highest BCUT2D eigenvalue weighted by Gasteiger charge is 2.01. The van der Waals surface area contributed by atoms with Gasteiger partial charge in [0.1, 0.15) is 11.5 Å². The molecule has 1 rings (SSSR count). The molecule has 0 spiro atoms. The number of aryl methyl sites for hydroxylation is 1. The predicted octanol–water partition coefficient (Wildman–Crippen LogP) is 0.156. The van der Waals surface area contributed by atoms with Crippen molar-refractivity contribution in [3.8, 4) is 0 Å². The fourth-order valence-electron chi connectivity index (χ4n) is 1.13. The second-order valence-corrected chi connectivity index (χ2v) is 3.55. The highest BCUT2D eigenvalue weighted by molar-refractivity contribution is 5.75. The molecule has 0 aliphatic heterocycles. The first kappa shape index (κ1) is 12.8. The van der Waals surface area contributed by atoms with E-state index in [0.29, 0.717) is 32.6 Å². The largest absolute Gasteiger partial charge is 0.396 e. The number of Topliss-reactive ketones (excluding diaryl/α,β-unsaturated/α-hetero) is 1. The highest BCUT2D eigenvalue weighted by atomic mass is 16.5. The van der Waals surface area contributed by atoms with E-state index in [2.05, 4.69) is 10.3 Å². The van der Waals surface area contributed by atoms with E-state index in [4.69, 9.17) is 9.84 Å². The van der Waals surface area contributed by atoms with Gasteiger partial charge in [-0.1, -0.05) is 5.21 Å². The van der Waals surface area contributed by atoms with Crippen LogP contribution < -0.4 is 0 Å². The summed E-state index contributed by atoms with van der Waals surface area (Å²) >= 11 is 0. The Bertz CT molecular complexity index is 325. The SMILES string of the molecule is CC(=O)CCn1cc(COCCCO)nn1. The normalized spacial score (nSPS) is 10.6. The Kier molecular flexibility index (Phi) is 5.66. The molecule has 6 nitrogen and oxygen atoms in total. The van der Waals surface area contributed by atoms with E-state index in [1.807, 2.05) is 0 Å². The van der Waals surface area contributed by atoms with Crippen LogP contribution in [0.3, 0.4) is 0 Å². The van der Waals surface area contributed by atoms with Crippen LogP contribution in [-0.4, -0.2) is 39.1 Å². The van der Waals surface area contributed by atoms with Crippen LogP contribution in [0.1, 0.15) is 25.5 Å². The van der Waals surface area contributed by atoms with Crippen molar-refractivity contribution in [2.45, 2.75) is 32.9 Å². The van der Waals surface area contributed by atoms with Crippen LogP contribution in [0.2, 0.25) is 0 Å². The zero-order chi connectivity index (χ0) is 11.8. The second kappa shape index (κ2) is 7.08. The van der Waals surface area contributed by atoms with Gasteiger partial charge in [-0.3, -0.25) is 9.48 Å². The molecule has 0 aliphatic rings. The number of carbonyl (C=O) groups is 1. The molecule has 6 heteroatoms. The lowest BCUT2D eigenvalue weighted by Crippen LogP contribution is -2.03. The standard InChI is InChI=1S/C10H17N3O3/c1-9(15)3-4-13-7-10(11-12-13)8-16-6-2-5-14/h7,14H,2-6,8H2,1H3. The quantitative estimate of drug-likeness (QED) is 0.640. The van der Waals surface area contributed by atoms with Crippen LogP contribution >= 0.6 is 0 Å². The summed E-state index contributed by atoms with van der Waals surface area (Å²) < 4.78 is 6.89. The maximum atomic E-state index is 10.8. The Balaban J connectivity index is 2.25. The van der Waals surface area contributed by atoms with E-state index >= 15 is 0 Å². The molecule has 1 N–H and O–H groups in total. The smallest absolute Gasteiger partial charge is 0.131 e. The minimum absolute atomic E-state index is 0.130. The van der Waals surface area contributed by atoms with Crippen molar-refractivity contribution in [1.82, 2.24) is 15.0 Å². The number of ketones is 1. The van der Waals surface area contributed by atoms with Crippen LogP contribution in [-0.2, 0) is 22.7 Å². The van der Waals surface area contributed by atoms with Gasteiger partial charge in [0, 0.05) is 26.2 Å². The van der Waals surface area contributed by atoms with Crippen molar-refractivity contribution in [3.05, 3.63) is 11.9 Å². The summed E-state index contributed by atoms with van der Waals surface area (Å²) in [5, 5.41) is 16.3. The average Bonchev–Trinajstić information content (AvgIpc) is 2.70. The molecule has 90 valence electrons. The zero-order valence-corrected chi connectivity index (χ0v) is 9.43. The Hall–Kier alpha value is -1.27. The maximum absolute atomic E-state index is 10.8. The molecule has 0 unspecified atom stereocenters. The van der Waals surface area contributed by atoms with Crippen LogP contribution in [0.5, 0.6) is 0 Å². The van der Waals surface area contributed by atoms with Gasteiger partial charge in [0.25, 0.3) is 0 Å². The minimum Gasteiger partial charge on any atom is -0.396 e. The van der Waals surface area contributed by atoms with Gasteiger partial charge in [-0.2, -0.15) is 0 Å². The van der Waals surface area contributed by atoms with Gasteiger partial charge in [0.15, 0.2) is 0 Å². The first-order valence-electron chi connectivity index (χ1n) is 5.29. The second-order valence-electron chi connectivity index (χ2n) is 3.55. The lowest BCUT2D eigenvalue weighted by atomic mass is 10.3. The average molecular weight is 227 g/mol. The van der Waals surface area contributed by atoms with E-state index < -0.39 is 0 Å². The number of aromatic nitrogens is 3. The van der Waals surface area contributed by atoms with Gasteiger partial charge in [-0.15, -0.1) is 5.10 Å². The summed E-state index contributed by atoms with van der Waals surface area (Å²) in [4.78, 5) is 10.8. The molecule has 0 amide bonds. The van der Waals surface area contributed by atoms with Crippen molar-refractivity contribution in [2.24, 2.45) is 0 Å². The molecule has 0 aliphatic carbocycles. The molecule has 1 heterocycles. The first-order chi connectivity index (χ1) is 7.72. The predicted molar refractivity (Wildman–Crippen MR) is 56.7 cm³/mol. The molecule has 0 fully saturated rings. The highest BCUT2D eigenvalue weighted by Crippen LogP contribution is 1.98. The summed E-state index contributed by atoms with van der Waals surface area (Å²) in [6, 6.07) is 0. The molecule has 0 radical (unpaired) electrons. The Morgan fingerprint density at radius 1 is 1.62 bits per heavy atom. The number of aliphatic hydroxyl groups is 1. The maximum Gasteiger partial charge on any atom is 0.131 e. The van der Waals surface area contributed by atoms with Gasteiger partial charge >= 0.3 is 0 Å². The summed E-state index contributed by atoms with van der Waals surface area (Å²) in [5.41, 5.74) is 0.737. The fraction of sp³-hybridized carbons (Fsp3) is 0.700. The van der Waals surface area contributed by atoms with Crippen molar-refractivity contribution in [2.75, 3.05) is 13.2 Å². The number of aliphatic hydroxyl groups excluding tert-OH is 1. The van der Waals surface area contributed by atoms with Gasteiger partial charge in [-0.25, -0.2) is 0 Å². The van der Waals surface area contributed by atoms with Gasteiger partial charge in [0.2, 0.25) is 0 Å². The first-order valence-corrected chi connectivity index (χ1v) is 5.29. The topological polar surface area (TPSA) is 77.2 Å². The third kappa shape index (κ3) is 4.99. The number of nitrogens with zero attached hydrogens (tertiary/aromatic N) is 3. The molecule has 0 aromatic carbocycles. The fourth-order valence-corrected chi connectivity index (χ4v) is 1.13. The number of rotatable bonds is 8. The molecule has 16 heavy (non-hydrogen) atoms. The summed E-state index contributed by atoms with van der Waals surface area (Å²) in [6.45, 7) is 3.14. The van der Waals surface area contributed by atoms with Crippen LogP contribution in [0.15, 0.2) is 6.20 Å². The number of carbonyl (C=O) groups excluding carboxylic acids is 1. The van der Waals surface area contributed by atoms with Crippen molar-refractivity contribution in [3.63, 3.8) is 0 Å².